The van der Waals surface area contributed by atoms with Gasteiger partial charge in [-0.15, -0.1) is 0 Å². The van der Waals surface area contributed by atoms with E-state index in [4.69, 9.17) is 5.73 Å². The number of carbonyl (C=O) groups is 1. The Labute approximate surface area is 113 Å². The van der Waals surface area contributed by atoms with Gasteiger partial charge in [-0.1, -0.05) is 6.07 Å². The molecule has 0 bridgehead atoms. The molecule has 1 aliphatic heterocycles. The van der Waals surface area contributed by atoms with Crippen molar-refractivity contribution in [2.45, 2.75) is 31.8 Å². The largest absolute Gasteiger partial charge is 0.399 e. The van der Waals surface area contributed by atoms with Gasteiger partial charge in [-0.25, -0.2) is 4.79 Å². The molecule has 2 rings (SSSR count). The van der Waals surface area contributed by atoms with E-state index in [1.54, 1.807) is 23.1 Å². The summed E-state index contributed by atoms with van der Waals surface area (Å²) in [7, 11) is 0. The van der Waals surface area contributed by atoms with Gasteiger partial charge in [0.15, 0.2) is 0 Å². The van der Waals surface area contributed by atoms with Crippen molar-refractivity contribution in [1.82, 2.24) is 4.90 Å². The van der Waals surface area contributed by atoms with Crippen LogP contribution in [0.1, 0.15) is 26.2 Å². The molecule has 5 heteroatoms. The van der Waals surface area contributed by atoms with E-state index in [1.807, 2.05) is 13.0 Å². The molecule has 1 aliphatic rings. The van der Waals surface area contributed by atoms with E-state index < -0.39 is 5.60 Å². The highest BCUT2D eigenvalue weighted by Crippen LogP contribution is 2.22. The number of anilines is 2. The standard InChI is InChI=1S/C14H21N3O2/c1-14(19)6-3-8-17(9-7-14)13(18)16-12-5-2-4-11(15)10-12/h2,4-5,10,19H,3,6-9,15H2,1H3,(H,16,18). The molecule has 1 aromatic rings. The molecule has 0 spiro atoms. The van der Waals surface area contributed by atoms with Crippen molar-refractivity contribution >= 4 is 17.4 Å². The minimum Gasteiger partial charge on any atom is -0.399 e. The molecule has 0 aliphatic carbocycles. The monoisotopic (exact) mass is 263 g/mol. The summed E-state index contributed by atoms with van der Waals surface area (Å²) in [5, 5.41) is 12.8. The molecule has 1 aromatic carbocycles. The molecule has 0 saturated carbocycles. The van der Waals surface area contributed by atoms with Crippen LogP contribution in [-0.4, -0.2) is 34.7 Å². The van der Waals surface area contributed by atoms with Gasteiger partial charge in [-0.05, 0) is 44.4 Å². The Morgan fingerprint density at radius 3 is 2.95 bits per heavy atom. The first-order valence-electron chi connectivity index (χ1n) is 6.60. The van der Waals surface area contributed by atoms with Crippen LogP contribution >= 0.6 is 0 Å². The highest BCUT2D eigenvalue weighted by Gasteiger charge is 2.26. The van der Waals surface area contributed by atoms with Gasteiger partial charge in [-0.2, -0.15) is 0 Å². The third-order valence-corrected chi connectivity index (χ3v) is 3.49. The van der Waals surface area contributed by atoms with Crippen LogP contribution in [0.3, 0.4) is 0 Å². The van der Waals surface area contributed by atoms with Crippen LogP contribution in [0.4, 0.5) is 16.2 Å². The summed E-state index contributed by atoms with van der Waals surface area (Å²) >= 11 is 0. The second-order valence-corrected chi connectivity index (χ2v) is 5.39. The number of nitrogens with zero attached hydrogens (tertiary/aromatic N) is 1. The van der Waals surface area contributed by atoms with Crippen molar-refractivity contribution in [3.05, 3.63) is 24.3 Å². The number of nitrogen functional groups attached to an aromatic ring is 1. The van der Waals surface area contributed by atoms with E-state index in [-0.39, 0.29) is 6.03 Å². The van der Waals surface area contributed by atoms with Gasteiger partial charge in [0.25, 0.3) is 0 Å². The van der Waals surface area contributed by atoms with Crippen LogP contribution in [-0.2, 0) is 0 Å². The quantitative estimate of drug-likeness (QED) is 0.678. The van der Waals surface area contributed by atoms with Gasteiger partial charge in [0.2, 0.25) is 0 Å². The number of urea groups is 1. The zero-order valence-corrected chi connectivity index (χ0v) is 11.2. The van der Waals surface area contributed by atoms with Gasteiger partial charge in [0.05, 0.1) is 5.60 Å². The first kappa shape index (κ1) is 13.7. The zero-order valence-electron chi connectivity index (χ0n) is 11.2. The summed E-state index contributed by atoms with van der Waals surface area (Å²) in [4.78, 5) is 13.9. The Kier molecular flexibility index (Phi) is 3.95. The van der Waals surface area contributed by atoms with Gasteiger partial charge >= 0.3 is 6.03 Å². The number of nitrogens with one attached hydrogen (secondary N) is 1. The van der Waals surface area contributed by atoms with Crippen molar-refractivity contribution in [3.8, 4) is 0 Å². The molecule has 1 fully saturated rings. The minimum atomic E-state index is -0.661. The number of nitrogens with two attached hydrogens (primary N) is 1. The summed E-state index contributed by atoms with van der Waals surface area (Å²) < 4.78 is 0. The Morgan fingerprint density at radius 2 is 2.21 bits per heavy atom. The van der Waals surface area contributed by atoms with E-state index in [9.17, 15) is 9.90 Å². The van der Waals surface area contributed by atoms with Gasteiger partial charge in [0, 0.05) is 24.5 Å². The van der Waals surface area contributed by atoms with E-state index >= 15 is 0 Å². The predicted molar refractivity (Wildman–Crippen MR) is 75.9 cm³/mol. The fraction of sp³-hybridized carbons (Fsp3) is 0.500. The topological polar surface area (TPSA) is 78.6 Å². The molecule has 1 atom stereocenters. The second kappa shape index (κ2) is 5.48. The molecular weight excluding hydrogens is 242 g/mol. The number of rotatable bonds is 1. The maximum absolute atomic E-state index is 12.1. The summed E-state index contributed by atoms with van der Waals surface area (Å²) in [5.41, 5.74) is 6.33. The van der Waals surface area contributed by atoms with Crippen LogP contribution < -0.4 is 11.1 Å². The lowest BCUT2D eigenvalue weighted by atomic mass is 9.98. The number of hydrogen-bond donors (Lipinski definition) is 3. The molecule has 19 heavy (non-hydrogen) atoms. The maximum Gasteiger partial charge on any atom is 0.321 e. The van der Waals surface area contributed by atoms with Crippen molar-refractivity contribution in [2.75, 3.05) is 24.1 Å². The summed E-state index contributed by atoms with van der Waals surface area (Å²) in [6.07, 6.45) is 2.16. The smallest absolute Gasteiger partial charge is 0.321 e. The molecule has 1 saturated heterocycles. The fourth-order valence-electron chi connectivity index (χ4n) is 2.29. The first-order chi connectivity index (χ1) is 8.96. The third-order valence-electron chi connectivity index (χ3n) is 3.49. The van der Waals surface area contributed by atoms with Crippen LogP contribution in [0.15, 0.2) is 24.3 Å². The van der Waals surface area contributed by atoms with Crippen LogP contribution in [0.25, 0.3) is 0 Å². The Bertz CT molecular complexity index is 460. The third kappa shape index (κ3) is 3.86. The van der Waals surface area contributed by atoms with Gasteiger partial charge in [-0.3, -0.25) is 0 Å². The minimum absolute atomic E-state index is 0.136. The first-order valence-corrected chi connectivity index (χ1v) is 6.60. The molecule has 5 nitrogen and oxygen atoms in total. The average Bonchev–Trinajstić information content (AvgIpc) is 2.50. The van der Waals surface area contributed by atoms with E-state index in [2.05, 4.69) is 5.32 Å². The van der Waals surface area contributed by atoms with Crippen LogP contribution in [0.5, 0.6) is 0 Å². The van der Waals surface area contributed by atoms with Gasteiger partial charge in [0.1, 0.15) is 0 Å². The number of aliphatic hydroxyl groups is 1. The fourth-order valence-corrected chi connectivity index (χ4v) is 2.29. The second-order valence-electron chi connectivity index (χ2n) is 5.39. The van der Waals surface area contributed by atoms with Gasteiger partial charge < -0.3 is 21.1 Å². The number of likely N-dealkylation sites (tertiary alicyclic amines) is 1. The number of carbonyl (C=O) groups excluding carboxylic acids is 1. The lowest BCUT2D eigenvalue weighted by Crippen LogP contribution is -2.36. The van der Waals surface area contributed by atoms with Crippen molar-refractivity contribution < 1.29 is 9.90 Å². The highest BCUT2D eigenvalue weighted by atomic mass is 16.3. The van der Waals surface area contributed by atoms with Crippen molar-refractivity contribution in [3.63, 3.8) is 0 Å². The van der Waals surface area contributed by atoms with Crippen molar-refractivity contribution in [1.29, 1.82) is 0 Å². The Hall–Kier alpha value is -1.75. The predicted octanol–water partition coefficient (Wildman–Crippen LogP) is 2.04. The average molecular weight is 263 g/mol. The van der Waals surface area contributed by atoms with E-state index in [1.165, 1.54) is 0 Å². The highest BCUT2D eigenvalue weighted by molar-refractivity contribution is 5.89. The molecule has 1 heterocycles. The number of amides is 2. The molecule has 104 valence electrons. The Balaban J connectivity index is 1.96. The molecule has 0 radical (unpaired) electrons. The Morgan fingerprint density at radius 1 is 1.42 bits per heavy atom. The number of hydrogen-bond acceptors (Lipinski definition) is 3. The molecular formula is C14H21N3O2. The summed E-state index contributed by atoms with van der Waals surface area (Å²) in [6, 6.07) is 6.98. The molecule has 0 aromatic heterocycles. The lowest BCUT2D eigenvalue weighted by molar-refractivity contribution is 0.0458. The normalized spacial score (nSPS) is 23.8. The molecule has 2 amide bonds. The lowest BCUT2D eigenvalue weighted by Gasteiger charge is -2.23. The SMILES string of the molecule is CC1(O)CCCN(C(=O)Nc2cccc(N)c2)CC1. The van der Waals surface area contributed by atoms with Crippen LogP contribution in [0.2, 0.25) is 0 Å². The summed E-state index contributed by atoms with van der Waals surface area (Å²) in [6.45, 7) is 3.07. The molecule has 1 unspecified atom stereocenters. The molecule has 4 N–H and O–H groups in total. The summed E-state index contributed by atoms with van der Waals surface area (Å²) in [5.74, 6) is 0. The zero-order chi connectivity index (χ0) is 13.9. The van der Waals surface area contributed by atoms with E-state index in [0.717, 1.165) is 12.8 Å². The van der Waals surface area contributed by atoms with Crippen molar-refractivity contribution in [2.24, 2.45) is 0 Å². The van der Waals surface area contributed by atoms with E-state index in [0.29, 0.717) is 30.9 Å². The van der Waals surface area contributed by atoms with Crippen LogP contribution in [0, 0.1) is 0 Å². The number of benzene rings is 1. The maximum atomic E-state index is 12.1.